The highest BCUT2D eigenvalue weighted by Crippen LogP contribution is 2.25. The molecule has 1 aliphatic heterocycles. The number of ether oxygens (including phenoxy) is 1. The Labute approximate surface area is 186 Å². The summed E-state index contributed by atoms with van der Waals surface area (Å²) in [7, 11) is -2.22. The topological polar surface area (TPSA) is 105 Å². The van der Waals surface area contributed by atoms with Crippen molar-refractivity contribution in [1.29, 1.82) is 0 Å². The maximum absolute atomic E-state index is 13.6. The number of halogens is 1. The predicted molar refractivity (Wildman–Crippen MR) is 116 cm³/mol. The van der Waals surface area contributed by atoms with E-state index in [0.717, 1.165) is 0 Å². The van der Waals surface area contributed by atoms with Gasteiger partial charge in [-0.2, -0.15) is 4.31 Å². The normalized spacial score (nSPS) is 16.9. The summed E-state index contributed by atoms with van der Waals surface area (Å²) < 4.78 is 45.9. The minimum Gasteiger partial charge on any atom is -0.497 e. The molecule has 0 aromatic heterocycles. The highest BCUT2D eigenvalue weighted by Gasteiger charge is 2.33. The summed E-state index contributed by atoms with van der Waals surface area (Å²) in [6.07, 6.45) is 1.14. The van der Waals surface area contributed by atoms with Crippen LogP contribution >= 0.6 is 0 Å². The van der Waals surface area contributed by atoms with Crippen molar-refractivity contribution in [3.8, 4) is 5.75 Å². The number of methoxy groups -OCH3 is 1. The Bertz CT molecular complexity index is 1060. The Hall–Kier alpha value is -2.98. The van der Waals surface area contributed by atoms with Crippen LogP contribution < -0.4 is 15.4 Å². The Kier molecular flexibility index (Phi) is 7.81. The van der Waals surface area contributed by atoms with Crippen molar-refractivity contribution < 1.29 is 27.1 Å². The maximum Gasteiger partial charge on any atom is 0.254 e. The van der Waals surface area contributed by atoms with Gasteiger partial charge in [-0.25, -0.2) is 12.8 Å². The molecule has 2 amide bonds. The molecule has 1 saturated heterocycles. The van der Waals surface area contributed by atoms with Crippen LogP contribution in [0, 0.1) is 11.7 Å². The SMILES string of the molecule is COc1ccc(S(=O)(=O)N2CCCC(C(=O)NCCNC(=O)c3ccccc3F)C2)cc1. The van der Waals surface area contributed by atoms with Crippen molar-refractivity contribution in [2.75, 3.05) is 33.3 Å². The molecular formula is C22H26FN3O5S. The molecule has 0 aliphatic carbocycles. The molecule has 2 N–H and O–H groups in total. The fraction of sp³-hybridized carbons (Fsp3) is 0.364. The average molecular weight is 464 g/mol. The number of carbonyl (C=O) groups is 2. The largest absolute Gasteiger partial charge is 0.497 e. The minimum absolute atomic E-state index is 0.0644. The van der Waals surface area contributed by atoms with E-state index in [1.165, 1.54) is 41.7 Å². The molecule has 0 saturated carbocycles. The molecule has 2 aromatic carbocycles. The standard InChI is InChI=1S/C22H26FN3O5S/c1-31-17-8-10-18(11-9-17)32(29,30)26-14-4-5-16(15-26)21(27)24-12-13-25-22(28)19-6-2-3-7-20(19)23/h2-3,6-11,16H,4-5,12-15H2,1H3,(H,24,27)(H,25,28). The molecule has 0 radical (unpaired) electrons. The van der Waals surface area contributed by atoms with Crippen LogP contribution in [0.25, 0.3) is 0 Å². The van der Waals surface area contributed by atoms with Crippen LogP contribution in [0.5, 0.6) is 5.75 Å². The third-order valence-electron chi connectivity index (χ3n) is 5.28. The second kappa shape index (κ2) is 10.6. The number of benzene rings is 2. The van der Waals surface area contributed by atoms with Crippen molar-refractivity contribution in [2.24, 2.45) is 5.92 Å². The molecule has 10 heteroatoms. The van der Waals surface area contributed by atoms with Crippen LogP contribution in [-0.4, -0.2) is 57.8 Å². The summed E-state index contributed by atoms with van der Waals surface area (Å²) in [5.74, 6) is -1.39. The van der Waals surface area contributed by atoms with E-state index in [1.54, 1.807) is 18.2 Å². The van der Waals surface area contributed by atoms with Gasteiger partial charge in [0.1, 0.15) is 11.6 Å². The number of hydrogen-bond acceptors (Lipinski definition) is 5. The van der Waals surface area contributed by atoms with E-state index < -0.39 is 27.7 Å². The van der Waals surface area contributed by atoms with E-state index in [9.17, 15) is 22.4 Å². The first kappa shape index (κ1) is 23.7. The van der Waals surface area contributed by atoms with E-state index >= 15 is 0 Å². The van der Waals surface area contributed by atoms with Crippen molar-refractivity contribution in [1.82, 2.24) is 14.9 Å². The molecule has 172 valence electrons. The second-order valence-corrected chi connectivity index (χ2v) is 9.34. The number of amides is 2. The third kappa shape index (κ3) is 5.63. The maximum atomic E-state index is 13.6. The average Bonchev–Trinajstić information content (AvgIpc) is 2.82. The van der Waals surface area contributed by atoms with Crippen LogP contribution in [-0.2, 0) is 14.8 Å². The molecule has 8 nitrogen and oxygen atoms in total. The summed E-state index contributed by atoms with van der Waals surface area (Å²) in [5, 5.41) is 5.27. The van der Waals surface area contributed by atoms with Gasteiger partial charge in [-0.3, -0.25) is 9.59 Å². The van der Waals surface area contributed by atoms with Gasteiger partial charge in [0.25, 0.3) is 5.91 Å². The molecule has 0 spiro atoms. The first-order valence-electron chi connectivity index (χ1n) is 10.3. The quantitative estimate of drug-likeness (QED) is 0.581. The molecule has 1 fully saturated rings. The number of piperidine rings is 1. The third-order valence-corrected chi connectivity index (χ3v) is 7.16. The van der Waals surface area contributed by atoms with Gasteiger partial charge >= 0.3 is 0 Å². The number of sulfonamides is 1. The second-order valence-electron chi connectivity index (χ2n) is 7.40. The van der Waals surface area contributed by atoms with Crippen LogP contribution in [0.15, 0.2) is 53.4 Å². The Balaban J connectivity index is 1.50. The summed E-state index contributed by atoms with van der Waals surface area (Å²) in [5.41, 5.74) is -0.0644. The zero-order chi connectivity index (χ0) is 23.1. The van der Waals surface area contributed by atoms with Gasteiger partial charge in [0.05, 0.1) is 23.5 Å². The number of nitrogens with zero attached hydrogens (tertiary/aromatic N) is 1. The summed E-state index contributed by atoms with van der Waals surface area (Å²) in [4.78, 5) is 24.7. The fourth-order valence-corrected chi connectivity index (χ4v) is 5.04. The van der Waals surface area contributed by atoms with E-state index in [-0.39, 0.29) is 36.0 Å². The first-order chi connectivity index (χ1) is 15.3. The summed E-state index contributed by atoms with van der Waals surface area (Å²) >= 11 is 0. The molecule has 3 rings (SSSR count). The predicted octanol–water partition coefficient (Wildman–Crippen LogP) is 1.78. The van der Waals surface area contributed by atoms with Gasteiger partial charge in [0, 0.05) is 26.2 Å². The zero-order valence-corrected chi connectivity index (χ0v) is 18.5. The molecule has 1 aliphatic rings. The smallest absolute Gasteiger partial charge is 0.254 e. The van der Waals surface area contributed by atoms with Gasteiger partial charge < -0.3 is 15.4 Å². The molecule has 32 heavy (non-hydrogen) atoms. The van der Waals surface area contributed by atoms with E-state index in [2.05, 4.69) is 10.6 Å². The van der Waals surface area contributed by atoms with Crippen LogP contribution in [0.1, 0.15) is 23.2 Å². The van der Waals surface area contributed by atoms with Crippen LogP contribution in [0.4, 0.5) is 4.39 Å². The molecular weight excluding hydrogens is 437 g/mol. The lowest BCUT2D eigenvalue weighted by Crippen LogP contribution is -2.46. The van der Waals surface area contributed by atoms with E-state index in [4.69, 9.17) is 4.74 Å². The van der Waals surface area contributed by atoms with Crippen molar-refractivity contribution >= 4 is 21.8 Å². The molecule has 1 unspecified atom stereocenters. The number of nitrogens with one attached hydrogen (secondary N) is 2. The van der Waals surface area contributed by atoms with Crippen molar-refractivity contribution in [3.05, 3.63) is 59.9 Å². The monoisotopic (exact) mass is 463 g/mol. The highest BCUT2D eigenvalue weighted by atomic mass is 32.2. The van der Waals surface area contributed by atoms with Crippen molar-refractivity contribution in [3.63, 3.8) is 0 Å². The fourth-order valence-electron chi connectivity index (χ4n) is 3.52. The van der Waals surface area contributed by atoms with Gasteiger partial charge in [0.15, 0.2) is 0 Å². The molecule has 1 atom stereocenters. The Morgan fingerprint density at radius 2 is 1.78 bits per heavy atom. The molecule has 0 bridgehead atoms. The first-order valence-corrected chi connectivity index (χ1v) is 11.7. The molecule has 2 aromatic rings. The lowest BCUT2D eigenvalue weighted by Gasteiger charge is -2.31. The number of rotatable bonds is 8. The van der Waals surface area contributed by atoms with Gasteiger partial charge in [-0.05, 0) is 49.2 Å². The van der Waals surface area contributed by atoms with Gasteiger partial charge in [0.2, 0.25) is 15.9 Å². The van der Waals surface area contributed by atoms with E-state index in [1.807, 2.05) is 0 Å². The lowest BCUT2D eigenvalue weighted by atomic mass is 9.99. The summed E-state index contributed by atoms with van der Waals surface area (Å²) in [6.45, 7) is 0.707. The number of hydrogen-bond donors (Lipinski definition) is 2. The lowest BCUT2D eigenvalue weighted by molar-refractivity contribution is -0.126. The Morgan fingerprint density at radius 1 is 1.09 bits per heavy atom. The molecule has 1 heterocycles. The zero-order valence-electron chi connectivity index (χ0n) is 17.7. The van der Waals surface area contributed by atoms with Crippen LogP contribution in [0.3, 0.4) is 0 Å². The van der Waals surface area contributed by atoms with E-state index in [0.29, 0.717) is 25.1 Å². The highest BCUT2D eigenvalue weighted by molar-refractivity contribution is 7.89. The Morgan fingerprint density at radius 3 is 2.47 bits per heavy atom. The van der Waals surface area contributed by atoms with Crippen molar-refractivity contribution in [2.45, 2.75) is 17.7 Å². The number of carbonyl (C=O) groups excluding carboxylic acids is 2. The van der Waals surface area contributed by atoms with Crippen LogP contribution in [0.2, 0.25) is 0 Å². The summed E-state index contributed by atoms with van der Waals surface area (Å²) in [6, 6.07) is 11.8. The van der Waals surface area contributed by atoms with Gasteiger partial charge in [-0.15, -0.1) is 0 Å². The van der Waals surface area contributed by atoms with Gasteiger partial charge in [-0.1, -0.05) is 12.1 Å². The minimum atomic E-state index is -3.72.